The number of halogens is 1. The molecule has 1 aromatic carbocycles. The summed E-state index contributed by atoms with van der Waals surface area (Å²) >= 11 is 4.86. The summed E-state index contributed by atoms with van der Waals surface area (Å²) in [5, 5.41) is 9.95. The van der Waals surface area contributed by atoms with E-state index in [4.69, 9.17) is 5.11 Å². The summed E-state index contributed by atoms with van der Waals surface area (Å²) in [6.07, 6.45) is 1.75. The summed E-state index contributed by atoms with van der Waals surface area (Å²) in [5.41, 5.74) is 2.19. The maximum absolute atomic E-state index is 11.1. The SMILES string of the molecule is Cc1cc(Sc2ccc(C)c(C(=O)O)c2)ncc1Br. The Bertz CT molecular complexity index is 643. The van der Waals surface area contributed by atoms with Crippen LogP contribution < -0.4 is 0 Å². The predicted molar refractivity (Wildman–Crippen MR) is 78.9 cm³/mol. The Morgan fingerprint density at radius 1 is 1.26 bits per heavy atom. The zero-order valence-electron chi connectivity index (χ0n) is 10.5. The van der Waals surface area contributed by atoms with Crippen molar-refractivity contribution < 1.29 is 9.90 Å². The Balaban J connectivity index is 2.30. The average molecular weight is 338 g/mol. The molecule has 2 rings (SSSR count). The van der Waals surface area contributed by atoms with Crippen LogP contribution in [0.1, 0.15) is 21.5 Å². The highest BCUT2D eigenvalue weighted by molar-refractivity contribution is 9.10. The molecule has 0 saturated carbocycles. The van der Waals surface area contributed by atoms with Gasteiger partial charge in [0.2, 0.25) is 0 Å². The standard InChI is InChI=1S/C14H12BrNO2S/c1-8-3-4-10(6-11(8)14(17)18)19-13-5-9(2)12(15)7-16-13/h3-7H,1-2H3,(H,17,18). The number of aromatic carboxylic acids is 1. The van der Waals surface area contributed by atoms with Crippen LogP contribution in [0.25, 0.3) is 0 Å². The number of carboxylic acid groups (broad SMARTS) is 1. The molecule has 0 fully saturated rings. The molecule has 0 bridgehead atoms. The van der Waals surface area contributed by atoms with E-state index in [9.17, 15) is 4.79 Å². The van der Waals surface area contributed by atoms with Crippen molar-refractivity contribution in [2.75, 3.05) is 0 Å². The number of hydrogen-bond donors (Lipinski definition) is 1. The first-order valence-corrected chi connectivity index (χ1v) is 7.22. The van der Waals surface area contributed by atoms with Gasteiger partial charge in [-0.25, -0.2) is 9.78 Å². The number of rotatable bonds is 3. The molecule has 0 atom stereocenters. The topological polar surface area (TPSA) is 50.2 Å². The molecule has 1 heterocycles. The Kier molecular flexibility index (Phi) is 4.27. The first-order valence-electron chi connectivity index (χ1n) is 5.61. The third-order valence-electron chi connectivity index (χ3n) is 2.68. The van der Waals surface area contributed by atoms with Crippen LogP contribution in [-0.4, -0.2) is 16.1 Å². The first-order chi connectivity index (χ1) is 8.97. The van der Waals surface area contributed by atoms with Gasteiger partial charge < -0.3 is 5.11 Å². The molecule has 0 aliphatic heterocycles. The third kappa shape index (κ3) is 3.36. The number of benzene rings is 1. The molecule has 1 N–H and O–H groups in total. The second kappa shape index (κ2) is 5.75. The quantitative estimate of drug-likeness (QED) is 0.906. The molecule has 2 aromatic rings. The summed E-state index contributed by atoms with van der Waals surface area (Å²) in [5.74, 6) is -0.903. The Morgan fingerprint density at radius 3 is 2.63 bits per heavy atom. The maximum atomic E-state index is 11.1. The molecule has 0 aliphatic rings. The molecule has 0 saturated heterocycles. The Labute approximate surface area is 124 Å². The molecule has 5 heteroatoms. The average Bonchev–Trinajstić information content (AvgIpc) is 2.36. The minimum Gasteiger partial charge on any atom is -0.478 e. The maximum Gasteiger partial charge on any atom is 0.335 e. The van der Waals surface area contributed by atoms with E-state index in [1.807, 2.05) is 25.1 Å². The van der Waals surface area contributed by atoms with Crippen LogP contribution in [0.2, 0.25) is 0 Å². The Hall–Kier alpha value is -1.33. The minimum atomic E-state index is -0.903. The number of pyridine rings is 1. The van der Waals surface area contributed by atoms with Crippen LogP contribution in [0, 0.1) is 13.8 Å². The van der Waals surface area contributed by atoms with Crippen molar-refractivity contribution >= 4 is 33.7 Å². The fourth-order valence-corrected chi connectivity index (χ4v) is 2.70. The van der Waals surface area contributed by atoms with Gasteiger partial charge in [-0.05, 0) is 59.1 Å². The Morgan fingerprint density at radius 2 is 2.00 bits per heavy atom. The number of carbonyl (C=O) groups is 1. The number of aromatic nitrogens is 1. The van der Waals surface area contributed by atoms with Gasteiger partial charge in [0.25, 0.3) is 0 Å². The normalized spacial score (nSPS) is 10.5. The van der Waals surface area contributed by atoms with Gasteiger partial charge in [0, 0.05) is 15.6 Å². The van der Waals surface area contributed by atoms with Gasteiger partial charge in [-0.2, -0.15) is 0 Å². The number of carboxylic acids is 1. The van der Waals surface area contributed by atoms with Crippen molar-refractivity contribution in [1.82, 2.24) is 4.98 Å². The first kappa shape index (κ1) is 14.1. The van der Waals surface area contributed by atoms with Gasteiger partial charge in [0.1, 0.15) is 5.03 Å². The van der Waals surface area contributed by atoms with E-state index in [0.29, 0.717) is 5.56 Å². The van der Waals surface area contributed by atoms with E-state index >= 15 is 0 Å². The number of hydrogen-bond acceptors (Lipinski definition) is 3. The lowest BCUT2D eigenvalue weighted by molar-refractivity contribution is 0.0696. The summed E-state index contributed by atoms with van der Waals surface area (Å²) in [7, 11) is 0. The lowest BCUT2D eigenvalue weighted by Crippen LogP contribution is -1.99. The van der Waals surface area contributed by atoms with Crippen molar-refractivity contribution in [3.05, 3.63) is 51.6 Å². The van der Waals surface area contributed by atoms with Crippen molar-refractivity contribution in [1.29, 1.82) is 0 Å². The van der Waals surface area contributed by atoms with Gasteiger partial charge in [-0.3, -0.25) is 0 Å². The van der Waals surface area contributed by atoms with Crippen molar-refractivity contribution in [3.8, 4) is 0 Å². The molecule has 0 unspecified atom stereocenters. The van der Waals surface area contributed by atoms with E-state index in [1.54, 1.807) is 19.2 Å². The van der Waals surface area contributed by atoms with Crippen LogP contribution in [-0.2, 0) is 0 Å². The zero-order valence-corrected chi connectivity index (χ0v) is 12.9. The summed E-state index contributed by atoms with van der Waals surface area (Å²) in [4.78, 5) is 16.3. The molecule has 19 heavy (non-hydrogen) atoms. The van der Waals surface area contributed by atoms with E-state index in [-0.39, 0.29) is 0 Å². The highest BCUT2D eigenvalue weighted by Crippen LogP contribution is 2.29. The summed E-state index contributed by atoms with van der Waals surface area (Å²) in [6.45, 7) is 3.79. The van der Waals surface area contributed by atoms with Crippen molar-refractivity contribution in [2.45, 2.75) is 23.8 Å². The van der Waals surface area contributed by atoms with Crippen molar-refractivity contribution in [2.24, 2.45) is 0 Å². The van der Waals surface area contributed by atoms with Gasteiger partial charge in [-0.1, -0.05) is 17.8 Å². The molecule has 98 valence electrons. The van der Waals surface area contributed by atoms with Crippen molar-refractivity contribution in [3.63, 3.8) is 0 Å². The van der Waals surface area contributed by atoms with E-state index < -0.39 is 5.97 Å². The lowest BCUT2D eigenvalue weighted by atomic mass is 10.1. The number of nitrogens with zero attached hydrogens (tertiary/aromatic N) is 1. The highest BCUT2D eigenvalue weighted by Gasteiger charge is 2.09. The van der Waals surface area contributed by atoms with E-state index in [2.05, 4.69) is 20.9 Å². The minimum absolute atomic E-state index is 0.332. The van der Waals surface area contributed by atoms with Gasteiger partial charge in [0.05, 0.1) is 5.56 Å². The summed E-state index contributed by atoms with van der Waals surface area (Å²) in [6, 6.07) is 7.37. The smallest absolute Gasteiger partial charge is 0.335 e. The third-order valence-corrected chi connectivity index (χ3v) is 4.44. The second-order valence-corrected chi connectivity index (χ2v) is 6.10. The molecule has 1 aromatic heterocycles. The second-order valence-electron chi connectivity index (χ2n) is 4.16. The molecule has 0 amide bonds. The van der Waals surface area contributed by atoms with Gasteiger partial charge in [0.15, 0.2) is 0 Å². The molecular formula is C14H12BrNO2S. The van der Waals surface area contributed by atoms with E-state index in [0.717, 1.165) is 25.5 Å². The van der Waals surface area contributed by atoms with Crippen LogP contribution >= 0.6 is 27.7 Å². The number of aryl methyl sites for hydroxylation is 2. The molecule has 0 spiro atoms. The highest BCUT2D eigenvalue weighted by atomic mass is 79.9. The zero-order chi connectivity index (χ0) is 14.0. The molecule has 0 radical (unpaired) electrons. The van der Waals surface area contributed by atoms with Crippen LogP contribution in [0.3, 0.4) is 0 Å². The van der Waals surface area contributed by atoms with Gasteiger partial charge >= 0.3 is 5.97 Å². The lowest BCUT2D eigenvalue weighted by Gasteiger charge is -2.06. The fraction of sp³-hybridized carbons (Fsp3) is 0.143. The molecule has 0 aliphatic carbocycles. The molecular weight excluding hydrogens is 326 g/mol. The van der Waals surface area contributed by atoms with Crippen LogP contribution in [0.5, 0.6) is 0 Å². The van der Waals surface area contributed by atoms with Crippen LogP contribution in [0.15, 0.2) is 44.9 Å². The fourth-order valence-electron chi connectivity index (χ4n) is 1.59. The predicted octanol–water partition coefficient (Wildman–Crippen LogP) is 4.31. The van der Waals surface area contributed by atoms with E-state index in [1.165, 1.54) is 11.8 Å². The summed E-state index contributed by atoms with van der Waals surface area (Å²) < 4.78 is 0.965. The van der Waals surface area contributed by atoms with Crippen LogP contribution in [0.4, 0.5) is 0 Å². The monoisotopic (exact) mass is 337 g/mol. The van der Waals surface area contributed by atoms with Gasteiger partial charge in [-0.15, -0.1) is 0 Å². The molecule has 3 nitrogen and oxygen atoms in total. The largest absolute Gasteiger partial charge is 0.478 e.